The molecule has 2 aromatic heterocycles. The van der Waals surface area contributed by atoms with Gasteiger partial charge < -0.3 is 14.0 Å². The molecular formula is C23H23N5O2. The van der Waals surface area contributed by atoms with E-state index < -0.39 is 0 Å². The highest BCUT2D eigenvalue weighted by Crippen LogP contribution is 2.32. The maximum Gasteiger partial charge on any atom is 0.232 e. The van der Waals surface area contributed by atoms with Crippen LogP contribution < -0.4 is 4.90 Å². The minimum absolute atomic E-state index is 0.0773. The van der Waals surface area contributed by atoms with E-state index in [1.54, 1.807) is 4.90 Å². The number of rotatable bonds is 5. The van der Waals surface area contributed by atoms with E-state index in [0.717, 1.165) is 35.2 Å². The predicted molar refractivity (Wildman–Crippen MR) is 114 cm³/mol. The zero-order valence-electron chi connectivity index (χ0n) is 17.1. The summed E-state index contributed by atoms with van der Waals surface area (Å²) >= 11 is 0. The summed E-state index contributed by atoms with van der Waals surface area (Å²) in [6.07, 6.45) is 3.27. The third-order valence-corrected chi connectivity index (χ3v) is 5.61. The molecule has 5 rings (SSSR count). The number of hydrogen-bond acceptors (Lipinski definition) is 5. The van der Waals surface area contributed by atoms with E-state index in [-0.39, 0.29) is 11.8 Å². The minimum atomic E-state index is -0.102. The van der Waals surface area contributed by atoms with Crippen molar-refractivity contribution in [3.05, 3.63) is 60.2 Å². The van der Waals surface area contributed by atoms with Crippen LogP contribution >= 0.6 is 0 Å². The number of imidazole rings is 1. The molecule has 1 amide bonds. The van der Waals surface area contributed by atoms with Crippen LogP contribution in [0.15, 0.2) is 53.3 Å². The first-order valence-electron chi connectivity index (χ1n) is 10.3. The molecule has 2 aromatic carbocycles. The predicted octanol–water partition coefficient (Wildman–Crippen LogP) is 4.33. The Kier molecular flexibility index (Phi) is 4.58. The highest BCUT2D eigenvalue weighted by atomic mass is 16.5. The van der Waals surface area contributed by atoms with Crippen LogP contribution in [-0.4, -0.2) is 32.1 Å². The molecule has 0 aliphatic carbocycles. The molecule has 0 bridgehead atoms. The number of benzene rings is 2. The summed E-state index contributed by atoms with van der Waals surface area (Å²) in [5.41, 5.74) is 4.96. The number of amides is 1. The van der Waals surface area contributed by atoms with Gasteiger partial charge in [-0.25, -0.2) is 4.98 Å². The summed E-state index contributed by atoms with van der Waals surface area (Å²) < 4.78 is 7.70. The quantitative estimate of drug-likeness (QED) is 0.498. The van der Waals surface area contributed by atoms with Gasteiger partial charge in [-0.05, 0) is 43.7 Å². The van der Waals surface area contributed by atoms with Crippen molar-refractivity contribution >= 4 is 22.6 Å². The maximum absolute atomic E-state index is 12.6. The molecule has 0 unspecified atom stereocenters. The highest BCUT2D eigenvalue weighted by Gasteiger charge is 2.35. The molecular weight excluding hydrogens is 378 g/mol. The Hall–Kier alpha value is -3.48. The van der Waals surface area contributed by atoms with Crippen LogP contribution in [-0.2, 0) is 11.3 Å². The third kappa shape index (κ3) is 3.26. The third-order valence-electron chi connectivity index (χ3n) is 5.61. The number of aromatic nitrogens is 4. The summed E-state index contributed by atoms with van der Waals surface area (Å²) in [4.78, 5) is 23.4. The normalized spacial score (nSPS) is 16.7. The first-order chi connectivity index (χ1) is 14.6. The first kappa shape index (κ1) is 18.5. The number of nitrogens with zero attached hydrogens (tertiary/aromatic N) is 5. The Bertz CT molecular complexity index is 1210. The van der Waals surface area contributed by atoms with Crippen molar-refractivity contribution in [2.24, 2.45) is 0 Å². The monoisotopic (exact) mass is 401 g/mol. The van der Waals surface area contributed by atoms with Gasteiger partial charge in [0.15, 0.2) is 0 Å². The topological polar surface area (TPSA) is 77.0 Å². The summed E-state index contributed by atoms with van der Waals surface area (Å²) in [5, 5.41) is 4.19. The van der Waals surface area contributed by atoms with Crippen molar-refractivity contribution < 1.29 is 9.32 Å². The Morgan fingerprint density at radius 3 is 2.80 bits per heavy atom. The van der Waals surface area contributed by atoms with Crippen LogP contribution in [0.4, 0.5) is 5.69 Å². The molecule has 4 aromatic rings. The molecule has 7 nitrogen and oxygen atoms in total. The lowest BCUT2D eigenvalue weighted by atomic mass is 10.1. The Balaban J connectivity index is 1.39. The molecule has 30 heavy (non-hydrogen) atoms. The van der Waals surface area contributed by atoms with Crippen LogP contribution in [0.2, 0.25) is 0 Å². The summed E-state index contributed by atoms with van der Waals surface area (Å²) in [6, 6.07) is 14.0. The van der Waals surface area contributed by atoms with Crippen molar-refractivity contribution in [2.75, 3.05) is 11.4 Å². The standard InChI is InChI=1S/C23H23N5O2/c1-3-10-27-14-24-19-9-6-16(11-20(19)27)22-25-23(30-26-22)17-12-21(29)28(13-17)18-7-4-15(2)5-8-18/h4-9,11,14,17H,3,10,12-13H2,1-2H3/t17-/m0/s1. The van der Waals surface area contributed by atoms with Crippen molar-refractivity contribution in [3.63, 3.8) is 0 Å². The highest BCUT2D eigenvalue weighted by molar-refractivity contribution is 5.96. The van der Waals surface area contributed by atoms with E-state index >= 15 is 0 Å². The fourth-order valence-corrected chi connectivity index (χ4v) is 3.98. The molecule has 1 saturated heterocycles. The van der Waals surface area contributed by atoms with Gasteiger partial charge in [0.2, 0.25) is 17.6 Å². The zero-order valence-corrected chi connectivity index (χ0v) is 17.1. The van der Waals surface area contributed by atoms with E-state index in [2.05, 4.69) is 26.6 Å². The molecule has 0 radical (unpaired) electrons. The second kappa shape index (κ2) is 7.40. The van der Waals surface area contributed by atoms with Crippen molar-refractivity contribution in [1.29, 1.82) is 0 Å². The number of carbonyl (C=O) groups is 1. The first-order valence-corrected chi connectivity index (χ1v) is 10.3. The molecule has 1 aliphatic rings. The second-order valence-electron chi connectivity index (χ2n) is 7.84. The summed E-state index contributed by atoms with van der Waals surface area (Å²) in [5.74, 6) is 1.02. The molecule has 152 valence electrons. The van der Waals surface area contributed by atoms with Gasteiger partial charge >= 0.3 is 0 Å². The Morgan fingerprint density at radius 1 is 1.17 bits per heavy atom. The van der Waals surface area contributed by atoms with E-state index in [9.17, 15) is 4.79 Å². The SMILES string of the molecule is CCCn1cnc2ccc(-c3noc([C@H]4CC(=O)N(c5ccc(C)cc5)C4)n3)cc21. The van der Waals surface area contributed by atoms with Gasteiger partial charge in [0.1, 0.15) is 0 Å². The molecule has 1 aliphatic heterocycles. The van der Waals surface area contributed by atoms with E-state index in [1.807, 2.05) is 55.7 Å². The van der Waals surface area contributed by atoms with Crippen LogP contribution in [0.25, 0.3) is 22.4 Å². The van der Waals surface area contributed by atoms with Crippen molar-refractivity contribution in [2.45, 2.75) is 39.2 Å². The van der Waals surface area contributed by atoms with Crippen molar-refractivity contribution in [3.8, 4) is 11.4 Å². The van der Waals surface area contributed by atoms with Crippen LogP contribution in [0.1, 0.15) is 37.1 Å². The molecule has 7 heteroatoms. The van der Waals surface area contributed by atoms with Gasteiger partial charge in [0.05, 0.1) is 23.3 Å². The smallest absolute Gasteiger partial charge is 0.232 e. The average Bonchev–Trinajstić information content (AvgIpc) is 3.47. The number of carbonyl (C=O) groups excluding carboxylic acids is 1. The van der Waals surface area contributed by atoms with Crippen LogP contribution in [0.5, 0.6) is 0 Å². The molecule has 1 atom stereocenters. The second-order valence-corrected chi connectivity index (χ2v) is 7.84. The molecule has 0 N–H and O–H groups in total. The van der Waals surface area contributed by atoms with Crippen LogP contribution in [0.3, 0.4) is 0 Å². The fraction of sp³-hybridized carbons (Fsp3) is 0.304. The number of hydrogen-bond donors (Lipinski definition) is 0. The van der Waals surface area contributed by atoms with Crippen molar-refractivity contribution in [1.82, 2.24) is 19.7 Å². The van der Waals surface area contributed by atoms with Gasteiger partial charge in [-0.2, -0.15) is 4.98 Å². The summed E-state index contributed by atoms with van der Waals surface area (Å²) in [7, 11) is 0. The van der Waals surface area contributed by atoms with E-state index in [4.69, 9.17) is 4.52 Å². The lowest BCUT2D eigenvalue weighted by Crippen LogP contribution is -2.24. The fourth-order valence-electron chi connectivity index (χ4n) is 3.98. The van der Waals surface area contributed by atoms with Gasteiger partial charge in [0, 0.05) is 30.8 Å². The lowest BCUT2D eigenvalue weighted by Gasteiger charge is -2.16. The molecule has 1 fully saturated rings. The molecule has 0 saturated carbocycles. The van der Waals surface area contributed by atoms with Gasteiger partial charge in [-0.3, -0.25) is 4.79 Å². The van der Waals surface area contributed by atoms with E-state index in [1.165, 1.54) is 5.56 Å². The summed E-state index contributed by atoms with van der Waals surface area (Å²) in [6.45, 7) is 5.64. The van der Waals surface area contributed by atoms with Gasteiger partial charge in [-0.15, -0.1) is 0 Å². The number of aryl methyl sites for hydroxylation is 2. The van der Waals surface area contributed by atoms with Crippen LogP contribution in [0, 0.1) is 6.92 Å². The molecule has 0 spiro atoms. The average molecular weight is 401 g/mol. The van der Waals surface area contributed by atoms with Gasteiger partial charge in [-0.1, -0.05) is 29.8 Å². The van der Waals surface area contributed by atoms with Gasteiger partial charge in [0.25, 0.3) is 0 Å². The minimum Gasteiger partial charge on any atom is -0.339 e. The Morgan fingerprint density at radius 2 is 2.00 bits per heavy atom. The number of fused-ring (bicyclic) bond motifs is 1. The molecule has 3 heterocycles. The maximum atomic E-state index is 12.6. The number of anilines is 1. The largest absolute Gasteiger partial charge is 0.339 e. The Labute approximate surface area is 174 Å². The zero-order chi connectivity index (χ0) is 20.7. The lowest BCUT2D eigenvalue weighted by molar-refractivity contribution is -0.117. The van der Waals surface area contributed by atoms with E-state index in [0.29, 0.717) is 24.7 Å².